The first-order chi connectivity index (χ1) is 21.4. The molecule has 1 unspecified atom stereocenters. The molecule has 256 valence electrons. The van der Waals surface area contributed by atoms with Crippen molar-refractivity contribution in [3.63, 3.8) is 0 Å². The van der Waals surface area contributed by atoms with Gasteiger partial charge in [0.15, 0.2) is 6.29 Å². The quantitative estimate of drug-likeness (QED) is 0.109. The molecule has 1 atom stereocenters. The number of nitrogens with one attached hydrogen (secondary N) is 1. The van der Waals surface area contributed by atoms with Gasteiger partial charge >= 0.3 is 0 Å². The summed E-state index contributed by atoms with van der Waals surface area (Å²) >= 11 is 0. The van der Waals surface area contributed by atoms with E-state index in [-0.39, 0.29) is 6.29 Å². The van der Waals surface area contributed by atoms with E-state index >= 15 is 0 Å². The van der Waals surface area contributed by atoms with Crippen molar-refractivity contribution in [2.24, 2.45) is 0 Å². The van der Waals surface area contributed by atoms with Crippen LogP contribution in [-0.2, 0) is 56.8 Å². The molecular formula is C30H59NO12. The maximum atomic E-state index is 5.79. The molecule has 0 aliphatic carbocycles. The van der Waals surface area contributed by atoms with Crippen LogP contribution in [0.15, 0.2) is 0 Å². The maximum Gasteiger partial charge on any atom is 0.157 e. The Kier molecular flexibility index (Phi) is 28.3. The number of ether oxygens (including phenoxy) is 12. The fourth-order valence-corrected chi connectivity index (χ4v) is 4.18. The molecule has 0 aromatic rings. The Morgan fingerprint density at radius 3 is 1.09 bits per heavy atom. The Balaban J connectivity index is 1.12. The summed E-state index contributed by atoms with van der Waals surface area (Å²) in [6, 6.07) is 0. The Morgan fingerprint density at radius 1 is 0.395 bits per heavy atom. The average Bonchev–Trinajstić information content (AvgIpc) is 3.04. The van der Waals surface area contributed by atoms with E-state index in [9.17, 15) is 0 Å². The normalized spacial score (nSPS) is 18.0. The third-order valence-corrected chi connectivity index (χ3v) is 6.51. The minimum absolute atomic E-state index is 0.0622. The van der Waals surface area contributed by atoms with Gasteiger partial charge in [-0.25, -0.2) is 0 Å². The van der Waals surface area contributed by atoms with Crippen LogP contribution in [0.4, 0.5) is 0 Å². The van der Waals surface area contributed by atoms with Crippen molar-refractivity contribution in [1.29, 1.82) is 0 Å². The molecule has 2 saturated heterocycles. The van der Waals surface area contributed by atoms with E-state index in [1.807, 2.05) is 0 Å². The lowest BCUT2D eigenvalue weighted by Gasteiger charge is -2.22. The van der Waals surface area contributed by atoms with Crippen molar-refractivity contribution in [2.45, 2.75) is 44.5 Å². The monoisotopic (exact) mass is 625 g/mol. The molecule has 0 aromatic heterocycles. The first-order valence-electron chi connectivity index (χ1n) is 16.2. The van der Waals surface area contributed by atoms with Gasteiger partial charge in [-0.3, -0.25) is 0 Å². The molecule has 0 aromatic carbocycles. The third kappa shape index (κ3) is 26.4. The van der Waals surface area contributed by atoms with Gasteiger partial charge in [0.1, 0.15) is 0 Å². The molecule has 1 N–H and O–H groups in total. The summed E-state index contributed by atoms with van der Waals surface area (Å²) in [6.45, 7) is 13.8. The van der Waals surface area contributed by atoms with E-state index < -0.39 is 0 Å². The molecule has 2 aliphatic heterocycles. The predicted octanol–water partition coefficient (Wildman–Crippen LogP) is 1.45. The molecule has 0 amide bonds. The van der Waals surface area contributed by atoms with Gasteiger partial charge in [-0.2, -0.15) is 0 Å². The fourth-order valence-electron chi connectivity index (χ4n) is 4.18. The topological polar surface area (TPSA) is 123 Å². The molecule has 0 bridgehead atoms. The number of hydrogen-bond donors (Lipinski definition) is 1. The highest BCUT2D eigenvalue weighted by atomic mass is 16.7. The van der Waals surface area contributed by atoms with Crippen molar-refractivity contribution < 1.29 is 56.8 Å². The zero-order valence-corrected chi connectivity index (χ0v) is 26.4. The summed E-state index contributed by atoms with van der Waals surface area (Å²) in [7, 11) is 0. The van der Waals surface area contributed by atoms with Gasteiger partial charge in [0.05, 0.1) is 138 Å². The van der Waals surface area contributed by atoms with Gasteiger partial charge < -0.3 is 62.2 Å². The summed E-state index contributed by atoms with van der Waals surface area (Å²) in [4.78, 5) is 0. The molecule has 2 aliphatic rings. The van der Waals surface area contributed by atoms with E-state index in [4.69, 9.17) is 56.8 Å². The number of rotatable bonds is 32. The summed E-state index contributed by atoms with van der Waals surface area (Å²) < 4.78 is 66.3. The largest absolute Gasteiger partial charge is 0.377 e. The van der Waals surface area contributed by atoms with Crippen molar-refractivity contribution in [3.05, 3.63) is 0 Å². The Labute approximate surface area is 258 Å². The molecular weight excluding hydrogens is 566 g/mol. The number of hydrogen-bond acceptors (Lipinski definition) is 13. The highest BCUT2D eigenvalue weighted by molar-refractivity contribution is 4.67. The van der Waals surface area contributed by atoms with Gasteiger partial charge in [-0.05, 0) is 45.2 Å². The minimum atomic E-state index is -0.0622. The second-order valence-corrected chi connectivity index (χ2v) is 10.00. The van der Waals surface area contributed by atoms with Crippen LogP contribution < -0.4 is 5.32 Å². The molecule has 13 nitrogen and oxygen atoms in total. The van der Waals surface area contributed by atoms with Crippen LogP contribution in [0.5, 0.6) is 0 Å². The van der Waals surface area contributed by atoms with E-state index in [1.165, 1.54) is 6.42 Å². The van der Waals surface area contributed by atoms with Crippen LogP contribution in [-0.4, -0.2) is 164 Å². The Bertz CT molecular complexity index is 507. The minimum Gasteiger partial charge on any atom is -0.377 e. The van der Waals surface area contributed by atoms with Crippen LogP contribution in [0, 0.1) is 0 Å². The summed E-state index contributed by atoms with van der Waals surface area (Å²) in [6.07, 6.45) is 5.74. The van der Waals surface area contributed by atoms with E-state index in [2.05, 4.69) is 5.32 Å². The second-order valence-electron chi connectivity index (χ2n) is 10.00. The van der Waals surface area contributed by atoms with Crippen LogP contribution in [0.1, 0.15) is 32.1 Å². The molecule has 2 rings (SSSR count). The molecule has 2 fully saturated rings. The summed E-state index contributed by atoms with van der Waals surface area (Å²) in [5.74, 6) is 0. The molecule has 0 saturated carbocycles. The van der Waals surface area contributed by atoms with E-state index in [0.717, 1.165) is 45.4 Å². The first kappa shape index (κ1) is 38.7. The highest BCUT2D eigenvalue weighted by Crippen LogP contribution is 2.13. The zero-order chi connectivity index (χ0) is 30.1. The van der Waals surface area contributed by atoms with Crippen molar-refractivity contribution >= 4 is 0 Å². The third-order valence-electron chi connectivity index (χ3n) is 6.51. The predicted molar refractivity (Wildman–Crippen MR) is 159 cm³/mol. The fraction of sp³-hybridized carbons (Fsp3) is 1.00. The lowest BCUT2D eigenvalue weighted by molar-refractivity contribution is -0.169. The zero-order valence-electron chi connectivity index (χ0n) is 26.4. The van der Waals surface area contributed by atoms with Gasteiger partial charge in [0.2, 0.25) is 0 Å². The lowest BCUT2D eigenvalue weighted by Crippen LogP contribution is -2.33. The lowest BCUT2D eigenvalue weighted by atomic mass is 10.1. The average molecular weight is 626 g/mol. The van der Waals surface area contributed by atoms with Gasteiger partial charge in [-0.1, -0.05) is 0 Å². The second kappa shape index (κ2) is 31.5. The van der Waals surface area contributed by atoms with Crippen molar-refractivity contribution in [2.75, 3.05) is 152 Å². The van der Waals surface area contributed by atoms with E-state index in [1.54, 1.807) is 0 Å². The van der Waals surface area contributed by atoms with Crippen molar-refractivity contribution in [3.8, 4) is 0 Å². The molecule has 2 heterocycles. The summed E-state index contributed by atoms with van der Waals surface area (Å²) in [5.41, 5.74) is 0. The molecule has 43 heavy (non-hydrogen) atoms. The van der Waals surface area contributed by atoms with Crippen LogP contribution in [0.2, 0.25) is 0 Å². The van der Waals surface area contributed by atoms with E-state index in [0.29, 0.717) is 138 Å². The Hall–Kier alpha value is -0.520. The van der Waals surface area contributed by atoms with Crippen molar-refractivity contribution in [1.82, 2.24) is 5.32 Å². The standard InChI is InChI=1S/C30H59NO12/c1-2-8-42-30(3-1)43-28-26-40-24-22-38-20-18-36-16-14-34-12-10-32-9-11-33-13-15-35-17-19-37-21-23-39-25-27-41-29-4-6-31-7-5-29/h29-31H,1-28H2. The summed E-state index contributed by atoms with van der Waals surface area (Å²) in [5, 5.41) is 3.33. The maximum absolute atomic E-state index is 5.79. The van der Waals surface area contributed by atoms with Gasteiger partial charge in [-0.15, -0.1) is 0 Å². The van der Waals surface area contributed by atoms with Crippen LogP contribution in [0.3, 0.4) is 0 Å². The Morgan fingerprint density at radius 2 is 0.744 bits per heavy atom. The van der Waals surface area contributed by atoms with Gasteiger partial charge in [0, 0.05) is 6.61 Å². The van der Waals surface area contributed by atoms with Crippen LogP contribution in [0.25, 0.3) is 0 Å². The smallest absolute Gasteiger partial charge is 0.157 e. The molecule has 0 radical (unpaired) electrons. The van der Waals surface area contributed by atoms with Crippen LogP contribution >= 0.6 is 0 Å². The number of piperidine rings is 1. The molecule has 0 spiro atoms. The first-order valence-corrected chi connectivity index (χ1v) is 16.2. The van der Waals surface area contributed by atoms with Gasteiger partial charge in [0.25, 0.3) is 0 Å². The highest BCUT2D eigenvalue weighted by Gasteiger charge is 2.13. The molecule has 13 heteroatoms. The SMILES string of the molecule is C1CCC(OCCOCCOCCOCCOCCOCCOCCOCCOCCOCCOC2CCNCC2)OC1.